The Balaban J connectivity index is 2.28. The highest BCUT2D eigenvalue weighted by Crippen LogP contribution is 2.23. The molecule has 3 aromatic rings. The Morgan fingerprint density at radius 2 is 2.00 bits per heavy atom. The topological polar surface area (TPSA) is 38.5 Å². The summed E-state index contributed by atoms with van der Waals surface area (Å²) < 4.78 is 5.88. The maximum atomic E-state index is 5.49. The van der Waals surface area contributed by atoms with Crippen molar-refractivity contribution in [2.75, 3.05) is 0 Å². The van der Waals surface area contributed by atoms with Gasteiger partial charge in [-0.3, -0.25) is 4.57 Å². The minimum Gasteiger partial charge on any atom is -0.327 e. The third kappa shape index (κ3) is 2.20. The quantitative estimate of drug-likeness (QED) is 0.536. The van der Waals surface area contributed by atoms with Gasteiger partial charge in [-0.2, -0.15) is 5.10 Å². The second-order valence-electron chi connectivity index (χ2n) is 4.76. The van der Waals surface area contributed by atoms with Crippen molar-refractivity contribution in [2.45, 2.75) is 19.8 Å². The first kappa shape index (κ1) is 13.8. The molecule has 1 aromatic carbocycles. The van der Waals surface area contributed by atoms with E-state index in [1.807, 2.05) is 16.3 Å². The molecule has 0 aliphatic carbocycles. The minimum atomic E-state index is 0.714. The molecule has 20 heavy (non-hydrogen) atoms. The summed E-state index contributed by atoms with van der Waals surface area (Å²) in [6.45, 7) is 2.16. The molecule has 0 saturated heterocycles. The molecule has 0 unspecified atom stereocenters. The molecule has 0 atom stereocenters. The highest BCUT2D eigenvalue weighted by molar-refractivity contribution is 14.1. The first-order valence-electron chi connectivity index (χ1n) is 6.54. The zero-order valence-electron chi connectivity index (χ0n) is 11.4. The number of hydrogen-bond donors (Lipinski definition) is 1. The van der Waals surface area contributed by atoms with Crippen LogP contribution in [0.2, 0.25) is 0 Å². The van der Waals surface area contributed by atoms with Crippen molar-refractivity contribution in [3.63, 3.8) is 0 Å². The molecule has 0 bridgehead atoms. The number of fused-ring (bicyclic) bond motifs is 1. The van der Waals surface area contributed by atoms with Gasteiger partial charge in [0.05, 0.1) is 5.69 Å². The highest BCUT2D eigenvalue weighted by Gasteiger charge is 2.15. The number of aryl methyl sites for hydroxylation is 2. The van der Waals surface area contributed by atoms with Gasteiger partial charge in [-0.1, -0.05) is 13.3 Å². The first-order valence-corrected chi connectivity index (χ1v) is 8.03. The lowest BCUT2D eigenvalue weighted by Gasteiger charge is -2.04. The lowest BCUT2D eigenvalue weighted by Crippen LogP contribution is -2.01. The van der Waals surface area contributed by atoms with E-state index in [2.05, 4.69) is 63.9 Å². The highest BCUT2D eigenvalue weighted by atomic mass is 127. The Bertz CT molecular complexity index is 810. The van der Waals surface area contributed by atoms with Gasteiger partial charge in [-0.05, 0) is 65.5 Å². The summed E-state index contributed by atoms with van der Waals surface area (Å²) in [7, 11) is 1.97. The number of rotatable bonds is 3. The summed E-state index contributed by atoms with van der Waals surface area (Å²) in [6.07, 6.45) is 2.03. The second-order valence-corrected chi connectivity index (χ2v) is 6.39. The molecule has 0 radical (unpaired) electrons. The smallest absolute Gasteiger partial charge is 0.184 e. The summed E-state index contributed by atoms with van der Waals surface area (Å²) in [5.74, 6) is 0. The van der Waals surface area contributed by atoms with Gasteiger partial charge in [0.1, 0.15) is 5.52 Å². The largest absolute Gasteiger partial charge is 0.327 e. The normalized spacial score (nSPS) is 11.3. The van der Waals surface area contributed by atoms with E-state index in [4.69, 9.17) is 12.2 Å². The van der Waals surface area contributed by atoms with Crippen molar-refractivity contribution in [2.24, 2.45) is 7.05 Å². The van der Waals surface area contributed by atoms with Crippen LogP contribution in [0.3, 0.4) is 0 Å². The monoisotopic (exact) mass is 398 g/mol. The van der Waals surface area contributed by atoms with Gasteiger partial charge >= 0.3 is 0 Å². The number of halogens is 1. The molecule has 0 aliphatic heterocycles. The van der Waals surface area contributed by atoms with Crippen LogP contribution in [-0.4, -0.2) is 19.3 Å². The van der Waals surface area contributed by atoms with Crippen molar-refractivity contribution < 1.29 is 0 Å². The van der Waals surface area contributed by atoms with E-state index >= 15 is 0 Å². The van der Waals surface area contributed by atoms with Gasteiger partial charge in [-0.25, -0.2) is 4.68 Å². The van der Waals surface area contributed by atoms with E-state index in [9.17, 15) is 0 Å². The summed E-state index contributed by atoms with van der Waals surface area (Å²) in [5, 5.41) is 4.60. The van der Waals surface area contributed by atoms with E-state index in [1.54, 1.807) is 0 Å². The lowest BCUT2D eigenvalue weighted by molar-refractivity contribution is 0.735. The zero-order chi connectivity index (χ0) is 14.3. The number of H-pyrrole nitrogens is 1. The maximum Gasteiger partial charge on any atom is 0.184 e. The van der Waals surface area contributed by atoms with Crippen molar-refractivity contribution in [3.8, 4) is 5.69 Å². The number of aromatic amines is 1. The molecule has 0 saturated carbocycles. The van der Waals surface area contributed by atoms with Crippen molar-refractivity contribution in [1.29, 1.82) is 0 Å². The van der Waals surface area contributed by atoms with E-state index in [1.165, 1.54) is 3.57 Å². The number of nitrogens with one attached hydrogen (secondary N) is 1. The van der Waals surface area contributed by atoms with Gasteiger partial charge < -0.3 is 4.98 Å². The average molecular weight is 398 g/mol. The first-order chi connectivity index (χ1) is 9.61. The molecule has 1 N–H and O–H groups in total. The van der Waals surface area contributed by atoms with Crippen LogP contribution in [0, 0.1) is 8.34 Å². The van der Waals surface area contributed by atoms with Gasteiger partial charge in [0, 0.05) is 16.3 Å². The molecule has 104 valence electrons. The fourth-order valence-corrected chi connectivity index (χ4v) is 3.11. The Labute approximate surface area is 135 Å². The van der Waals surface area contributed by atoms with Crippen molar-refractivity contribution in [3.05, 3.63) is 38.3 Å². The van der Waals surface area contributed by atoms with E-state index in [-0.39, 0.29) is 0 Å². The average Bonchev–Trinajstić information content (AvgIpc) is 2.90. The van der Waals surface area contributed by atoms with Crippen LogP contribution in [0.25, 0.3) is 16.9 Å². The van der Waals surface area contributed by atoms with Crippen LogP contribution in [0.5, 0.6) is 0 Å². The van der Waals surface area contributed by atoms with Crippen molar-refractivity contribution >= 4 is 46.0 Å². The Kier molecular flexibility index (Phi) is 3.68. The fraction of sp³-hybridized carbons (Fsp3) is 0.286. The fourth-order valence-electron chi connectivity index (χ4n) is 2.45. The summed E-state index contributed by atoms with van der Waals surface area (Å²) >= 11 is 7.79. The van der Waals surface area contributed by atoms with E-state index in [0.717, 1.165) is 35.4 Å². The van der Waals surface area contributed by atoms with Crippen LogP contribution >= 0.6 is 34.8 Å². The predicted molar refractivity (Wildman–Crippen MR) is 91.9 cm³/mol. The van der Waals surface area contributed by atoms with Gasteiger partial charge in [-0.15, -0.1) is 0 Å². The summed E-state index contributed by atoms with van der Waals surface area (Å²) in [4.78, 5) is 3.31. The molecule has 4 nitrogen and oxygen atoms in total. The Morgan fingerprint density at radius 3 is 2.65 bits per heavy atom. The Hall–Kier alpha value is -1.15. The van der Waals surface area contributed by atoms with Crippen LogP contribution in [-0.2, 0) is 13.5 Å². The Morgan fingerprint density at radius 1 is 1.30 bits per heavy atom. The molecule has 0 spiro atoms. The molecule has 0 amide bonds. The SMILES string of the molecule is CCCc1nn(C)c2c1[nH]c(=S)n2-c1ccc(I)cc1. The second kappa shape index (κ2) is 5.33. The number of aromatic nitrogens is 4. The lowest BCUT2D eigenvalue weighted by atomic mass is 10.2. The van der Waals surface area contributed by atoms with Crippen LogP contribution in [0.15, 0.2) is 24.3 Å². The zero-order valence-corrected chi connectivity index (χ0v) is 14.3. The molecule has 0 aliphatic rings. The van der Waals surface area contributed by atoms with Crippen LogP contribution < -0.4 is 0 Å². The minimum absolute atomic E-state index is 0.714. The van der Waals surface area contributed by atoms with Gasteiger partial charge in [0.15, 0.2) is 10.4 Å². The predicted octanol–water partition coefficient (Wildman–Crippen LogP) is 3.98. The molecule has 0 fully saturated rings. The third-order valence-corrected chi connectivity index (χ3v) is 4.31. The van der Waals surface area contributed by atoms with Crippen molar-refractivity contribution in [1.82, 2.24) is 19.3 Å². The molecule has 6 heteroatoms. The number of imidazole rings is 1. The van der Waals surface area contributed by atoms with E-state index in [0.29, 0.717) is 4.77 Å². The summed E-state index contributed by atoms with van der Waals surface area (Å²) in [5.41, 5.74) is 4.23. The summed E-state index contributed by atoms with van der Waals surface area (Å²) in [6, 6.07) is 8.33. The van der Waals surface area contributed by atoms with Crippen LogP contribution in [0.4, 0.5) is 0 Å². The van der Waals surface area contributed by atoms with Gasteiger partial charge in [0.2, 0.25) is 0 Å². The molecular formula is C14H15IN4S. The molecule has 2 aromatic heterocycles. The standard InChI is InChI=1S/C14H15IN4S/c1-3-4-11-12-13(18(2)17-11)19(14(20)16-12)10-7-5-9(15)6-8-10/h5-8H,3-4H2,1-2H3,(H,16,20). The maximum absolute atomic E-state index is 5.49. The number of benzene rings is 1. The van der Waals surface area contributed by atoms with E-state index < -0.39 is 0 Å². The number of hydrogen-bond acceptors (Lipinski definition) is 2. The molecule has 2 heterocycles. The third-order valence-electron chi connectivity index (χ3n) is 3.31. The van der Waals surface area contributed by atoms with Crippen LogP contribution in [0.1, 0.15) is 19.0 Å². The molecule has 3 rings (SSSR count). The van der Waals surface area contributed by atoms with Gasteiger partial charge in [0.25, 0.3) is 0 Å². The molecular weight excluding hydrogens is 383 g/mol. The number of nitrogens with zero attached hydrogens (tertiary/aromatic N) is 3.